The van der Waals surface area contributed by atoms with E-state index in [1.54, 1.807) is 6.92 Å². The Balaban J connectivity index is 2.66. The third-order valence-electron chi connectivity index (χ3n) is 2.44. The Kier molecular flexibility index (Phi) is 3.93. The minimum absolute atomic E-state index is 0.323. The van der Waals surface area contributed by atoms with E-state index in [9.17, 15) is 4.79 Å². The van der Waals surface area contributed by atoms with E-state index in [0.717, 1.165) is 11.1 Å². The van der Waals surface area contributed by atoms with E-state index < -0.39 is 5.97 Å². The minimum Gasteiger partial charge on any atom is -0.481 e. The Morgan fingerprint density at radius 1 is 1.53 bits per heavy atom. The number of carboxylic acids is 1. The van der Waals surface area contributed by atoms with E-state index >= 15 is 0 Å². The summed E-state index contributed by atoms with van der Waals surface area (Å²) in [6.07, 6.45) is 6.69. The highest BCUT2D eigenvalue weighted by Gasteiger charge is 2.11. The van der Waals surface area contributed by atoms with Crippen LogP contribution in [0.3, 0.4) is 0 Å². The van der Waals surface area contributed by atoms with Crippen LogP contribution in [0.1, 0.15) is 24.5 Å². The Morgan fingerprint density at radius 2 is 2.20 bits per heavy atom. The maximum absolute atomic E-state index is 10.6. The summed E-state index contributed by atoms with van der Waals surface area (Å²) in [4.78, 5) is 10.6. The van der Waals surface area contributed by atoms with Gasteiger partial charge in [-0.05, 0) is 24.5 Å². The van der Waals surface area contributed by atoms with Gasteiger partial charge in [-0.25, -0.2) is 0 Å². The summed E-state index contributed by atoms with van der Waals surface area (Å²) in [7, 11) is 0. The fourth-order valence-corrected chi connectivity index (χ4v) is 1.37. The number of carbonyl (C=O) groups is 1. The topological polar surface area (TPSA) is 37.3 Å². The van der Waals surface area contributed by atoms with Crippen molar-refractivity contribution < 1.29 is 9.90 Å². The maximum atomic E-state index is 10.6. The van der Waals surface area contributed by atoms with Gasteiger partial charge in [-0.3, -0.25) is 4.79 Å². The summed E-state index contributed by atoms with van der Waals surface area (Å²) >= 11 is 0. The number of hydrogen-bond donors (Lipinski definition) is 1. The van der Waals surface area contributed by atoms with Gasteiger partial charge in [-0.1, -0.05) is 31.0 Å². The zero-order valence-corrected chi connectivity index (χ0v) is 8.73. The van der Waals surface area contributed by atoms with Crippen molar-refractivity contribution in [2.45, 2.75) is 19.8 Å². The second kappa shape index (κ2) is 5.21. The first-order valence-corrected chi connectivity index (χ1v) is 4.92. The van der Waals surface area contributed by atoms with Crippen LogP contribution in [0.25, 0.3) is 0 Å². The van der Waals surface area contributed by atoms with Gasteiger partial charge in [0.2, 0.25) is 0 Å². The van der Waals surface area contributed by atoms with Crippen LogP contribution in [0.4, 0.5) is 0 Å². The molecule has 0 saturated heterocycles. The van der Waals surface area contributed by atoms with Gasteiger partial charge >= 0.3 is 5.97 Å². The molecular formula is C13H14O2. The molecule has 0 aliphatic carbocycles. The highest BCUT2D eigenvalue weighted by atomic mass is 16.4. The molecule has 0 aliphatic heterocycles. The van der Waals surface area contributed by atoms with E-state index in [1.165, 1.54) is 0 Å². The van der Waals surface area contributed by atoms with Gasteiger partial charge in [-0.2, -0.15) is 0 Å². The molecule has 0 aromatic heterocycles. The van der Waals surface area contributed by atoms with Crippen molar-refractivity contribution in [2.24, 2.45) is 5.92 Å². The molecular weight excluding hydrogens is 188 g/mol. The monoisotopic (exact) mass is 202 g/mol. The first-order valence-electron chi connectivity index (χ1n) is 4.92. The second-order valence-corrected chi connectivity index (χ2v) is 3.58. The molecule has 0 radical (unpaired) electrons. The Morgan fingerprint density at radius 3 is 2.80 bits per heavy atom. The lowest BCUT2D eigenvalue weighted by atomic mass is 9.98. The summed E-state index contributed by atoms with van der Waals surface area (Å²) in [5.41, 5.74) is 1.91. The standard InChI is InChI=1S/C13H14O2/c1-3-11-6-4-5-7-12(11)9-8-10(2)13(14)15/h1,4-7,10H,8-9H2,2H3,(H,14,15). The zero-order chi connectivity index (χ0) is 11.3. The van der Waals surface area contributed by atoms with Crippen molar-refractivity contribution in [3.63, 3.8) is 0 Å². The van der Waals surface area contributed by atoms with Gasteiger partial charge in [0.25, 0.3) is 0 Å². The van der Waals surface area contributed by atoms with Crippen LogP contribution >= 0.6 is 0 Å². The predicted molar refractivity (Wildman–Crippen MR) is 59.5 cm³/mol. The van der Waals surface area contributed by atoms with Crippen molar-refractivity contribution in [3.8, 4) is 12.3 Å². The van der Waals surface area contributed by atoms with Gasteiger partial charge < -0.3 is 5.11 Å². The van der Waals surface area contributed by atoms with E-state index in [-0.39, 0.29) is 5.92 Å². The highest BCUT2D eigenvalue weighted by molar-refractivity contribution is 5.69. The number of carboxylic acid groups (broad SMARTS) is 1. The molecule has 1 aromatic rings. The van der Waals surface area contributed by atoms with E-state index in [4.69, 9.17) is 11.5 Å². The van der Waals surface area contributed by atoms with Gasteiger partial charge in [-0.15, -0.1) is 6.42 Å². The molecule has 0 amide bonds. The van der Waals surface area contributed by atoms with Crippen molar-refractivity contribution in [1.29, 1.82) is 0 Å². The summed E-state index contributed by atoms with van der Waals surface area (Å²) in [6.45, 7) is 1.71. The smallest absolute Gasteiger partial charge is 0.306 e. The lowest BCUT2D eigenvalue weighted by Crippen LogP contribution is -2.10. The normalized spacial score (nSPS) is 11.7. The van der Waals surface area contributed by atoms with Crippen molar-refractivity contribution >= 4 is 5.97 Å². The van der Waals surface area contributed by atoms with Gasteiger partial charge in [0.15, 0.2) is 0 Å². The molecule has 15 heavy (non-hydrogen) atoms. The number of aliphatic carboxylic acids is 1. The maximum Gasteiger partial charge on any atom is 0.306 e. The number of hydrogen-bond acceptors (Lipinski definition) is 1. The highest BCUT2D eigenvalue weighted by Crippen LogP contribution is 2.13. The summed E-state index contributed by atoms with van der Waals surface area (Å²) in [6, 6.07) is 7.63. The zero-order valence-electron chi connectivity index (χ0n) is 8.73. The first kappa shape index (κ1) is 11.3. The molecule has 2 heteroatoms. The quantitative estimate of drug-likeness (QED) is 0.761. The summed E-state index contributed by atoms with van der Waals surface area (Å²) in [5, 5.41) is 8.75. The third-order valence-corrected chi connectivity index (χ3v) is 2.44. The van der Waals surface area contributed by atoms with Crippen LogP contribution in [0.5, 0.6) is 0 Å². The summed E-state index contributed by atoms with van der Waals surface area (Å²) in [5.74, 6) is 1.52. The average molecular weight is 202 g/mol. The van der Waals surface area contributed by atoms with Crippen LogP contribution < -0.4 is 0 Å². The molecule has 0 spiro atoms. The molecule has 0 bridgehead atoms. The Hall–Kier alpha value is -1.75. The third kappa shape index (κ3) is 3.14. The van der Waals surface area contributed by atoms with E-state index in [0.29, 0.717) is 12.8 Å². The van der Waals surface area contributed by atoms with Gasteiger partial charge in [0.05, 0.1) is 5.92 Å². The predicted octanol–water partition coefficient (Wildman–Crippen LogP) is 2.32. The van der Waals surface area contributed by atoms with E-state index in [1.807, 2.05) is 24.3 Å². The average Bonchev–Trinajstić information content (AvgIpc) is 2.26. The Labute approximate surface area is 89.9 Å². The molecule has 78 valence electrons. The van der Waals surface area contributed by atoms with Gasteiger partial charge in [0, 0.05) is 5.56 Å². The summed E-state index contributed by atoms with van der Waals surface area (Å²) < 4.78 is 0. The number of aryl methyl sites for hydroxylation is 1. The molecule has 1 rings (SSSR count). The molecule has 0 heterocycles. The first-order chi connectivity index (χ1) is 7.15. The van der Waals surface area contributed by atoms with Crippen LogP contribution in [0, 0.1) is 18.3 Å². The van der Waals surface area contributed by atoms with E-state index in [2.05, 4.69) is 5.92 Å². The van der Waals surface area contributed by atoms with Gasteiger partial charge in [0.1, 0.15) is 0 Å². The van der Waals surface area contributed by atoms with Crippen LogP contribution in [0.15, 0.2) is 24.3 Å². The van der Waals surface area contributed by atoms with Crippen LogP contribution in [0.2, 0.25) is 0 Å². The molecule has 1 unspecified atom stereocenters. The molecule has 0 saturated carbocycles. The second-order valence-electron chi connectivity index (χ2n) is 3.58. The molecule has 0 fully saturated rings. The van der Waals surface area contributed by atoms with Crippen molar-refractivity contribution in [3.05, 3.63) is 35.4 Å². The molecule has 0 aliphatic rings. The lowest BCUT2D eigenvalue weighted by Gasteiger charge is -2.07. The van der Waals surface area contributed by atoms with Crippen LogP contribution in [-0.4, -0.2) is 11.1 Å². The number of benzene rings is 1. The number of terminal acetylenes is 1. The number of rotatable bonds is 4. The van der Waals surface area contributed by atoms with Crippen molar-refractivity contribution in [2.75, 3.05) is 0 Å². The Bertz CT molecular complexity index is 388. The lowest BCUT2D eigenvalue weighted by molar-refractivity contribution is -0.141. The molecule has 2 nitrogen and oxygen atoms in total. The minimum atomic E-state index is -0.756. The van der Waals surface area contributed by atoms with Crippen LogP contribution in [-0.2, 0) is 11.2 Å². The molecule has 1 N–H and O–H groups in total. The van der Waals surface area contributed by atoms with Crippen molar-refractivity contribution in [1.82, 2.24) is 0 Å². The largest absolute Gasteiger partial charge is 0.481 e. The fraction of sp³-hybridized carbons (Fsp3) is 0.308. The fourth-order valence-electron chi connectivity index (χ4n) is 1.37. The molecule has 1 atom stereocenters. The SMILES string of the molecule is C#Cc1ccccc1CCC(C)C(=O)O. The molecule has 1 aromatic carbocycles.